The molecule has 9 nitrogen and oxygen atoms in total. The molecule has 5 rings (SSSR count). The molecule has 1 N–H and O–H groups in total. The lowest BCUT2D eigenvalue weighted by Crippen LogP contribution is -2.32. The Morgan fingerprint density at radius 2 is 1.82 bits per heavy atom. The van der Waals surface area contributed by atoms with E-state index < -0.39 is 5.69 Å². The number of aromatic nitrogens is 5. The highest BCUT2D eigenvalue weighted by atomic mass is 35.5. The molecule has 1 amide bonds. The topological polar surface area (TPSA) is 107 Å². The average molecular weight is 461 g/mol. The zero-order valence-electron chi connectivity index (χ0n) is 17.2. The van der Waals surface area contributed by atoms with E-state index in [1.165, 1.54) is 4.40 Å². The molecule has 33 heavy (non-hydrogen) atoms. The maximum absolute atomic E-state index is 12.8. The first kappa shape index (κ1) is 20.7. The molecule has 164 valence electrons. The Balaban J connectivity index is 1.40. The lowest BCUT2D eigenvalue weighted by atomic mass is 10.2. The summed E-state index contributed by atoms with van der Waals surface area (Å²) >= 11 is 5.93. The highest BCUT2D eigenvalue weighted by molar-refractivity contribution is 6.30. The van der Waals surface area contributed by atoms with Gasteiger partial charge < -0.3 is 9.84 Å². The van der Waals surface area contributed by atoms with Crippen LogP contribution in [0.25, 0.3) is 28.5 Å². The van der Waals surface area contributed by atoms with Crippen LogP contribution in [-0.2, 0) is 17.9 Å². The highest BCUT2D eigenvalue weighted by Crippen LogP contribution is 2.25. The number of rotatable bonds is 6. The van der Waals surface area contributed by atoms with Crippen molar-refractivity contribution in [3.05, 3.63) is 94.0 Å². The molecule has 3 heterocycles. The van der Waals surface area contributed by atoms with Crippen LogP contribution in [0.4, 0.5) is 0 Å². The molecule has 0 bridgehead atoms. The fourth-order valence-corrected chi connectivity index (χ4v) is 3.47. The number of nitrogens with one attached hydrogen (secondary N) is 1. The summed E-state index contributed by atoms with van der Waals surface area (Å²) in [5.41, 5.74) is 2.04. The zero-order chi connectivity index (χ0) is 22.8. The van der Waals surface area contributed by atoms with E-state index >= 15 is 0 Å². The molecule has 0 unspecified atom stereocenters. The third-order valence-electron chi connectivity index (χ3n) is 4.99. The number of halogens is 1. The Morgan fingerprint density at radius 1 is 1.03 bits per heavy atom. The second kappa shape index (κ2) is 8.71. The lowest BCUT2D eigenvalue weighted by Gasteiger charge is -2.04. The normalized spacial score (nSPS) is 11.1. The summed E-state index contributed by atoms with van der Waals surface area (Å²) in [5, 5.41) is 11.7. The summed E-state index contributed by atoms with van der Waals surface area (Å²) in [5.74, 6) is 0.260. The third kappa shape index (κ3) is 4.26. The summed E-state index contributed by atoms with van der Waals surface area (Å²) < 4.78 is 7.87. The van der Waals surface area contributed by atoms with Crippen LogP contribution in [-0.4, -0.2) is 30.2 Å². The largest absolute Gasteiger partial charge is 0.350 e. The number of amides is 1. The molecule has 0 spiro atoms. The molecule has 5 aromatic rings. The summed E-state index contributed by atoms with van der Waals surface area (Å²) in [6.45, 7) is 0.148. The van der Waals surface area contributed by atoms with Crippen molar-refractivity contribution in [3.63, 3.8) is 0 Å². The number of benzene rings is 2. The van der Waals surface area contributed by atoms with Gasteiger partial charge in [0.2, 0.25) is 11.7 Å². The van der Waals surface area contributed by atoms with Crippen LogP contribution >= 0.6 is 11.6 Å². The first-order valence-electron chi connectivity index (χ1n) is 10.1. The summed E-state index contributed by atoms with van der Waals surface area (Å²) in [7, 11) is 0. The Bertz CT molecular complexity index is 1490. The van der Waals surface area contributed by atoms with Gasteiger partial charge in [-0.25, -0.2) is 13.9 Å². The van der Waals surface area contributed by atoms with Crippen LogP contribution in [0.15, 0.2) is 82.2 Å². The monoisotopic (exact) mass is 460 g/mol. The van der Waals surface area contributed by atoms with E-state index in [0.29, 0.717) is 28.6 Å². The van der Waals surface area contributed by atoms with Crippen LogP contribution in [0.1, 0.15) is 5.56 Å². The van der Waals surface area contributed by atoms with E-state index in [4.69, 9.17) is 16.1 Å². The molecule has 0 fully saturated rings. The second-order valence-corrected chi connectivity index (χ2v) is 7.68. The van der Waals surface area contributed by atoms with Crippen molar-refractivity contribution in [2.45, 2.75) is 13.1 Å². The zero-order valence-corrected chi connectivity index (χ0v) is 17.9. The van der Waals surface area contributed by atoms with Gasteiger partial charge in [-0.3, -0.25) is 4.79 Å². The SMILES string of the molecule is O=C(Cn1nc2c(-c3nc(-c4ccc(Cl)cc4)no3)cccn2c1=O)NCc1ccccc1. The summed E-state index contributed by atoms with van der Waals surface area (Å²) in [6.07, 6.45) is 1.57. The maximum Gasteiger partial charge on any atom is 0.350 e. The van der Waals surface area contributed by atoms with Crippen LogP contribution in [0.5, 0.6) is 0 Å². The van der Waals surface area contributed by atoms with Gasteiger partial charge in [0.15, 0.2) is 5.65 Å². The number of hydrogen-bond donors (Lipinski definition) is 1. The Labute approximate surface area is 192 Å². The summed E-state index contributed by atoms with van der Waals surface area (Å²) in [6, 6.07) is 19.9. The molecule has 0 saturated carbocycles. The van der Waals surface area contributed by atoms with Crippen LogP contribution in [0, 0.1) is 0 Å². The Kier molecular flexibility index (Phi) is 5.45. The van der Waals surface area contributed by atoms with Crippen LogP contribution in [0.2, 0.25) is 5.02 Å². The van der Waals surface area contributed by atoms with Gasteiger partial charge in [-0.15, -0.1) is 5.10 Å². The van der Waals surface area contributed by atoms with Gasteiger partial charge in [0.25, 0.3) is 5.89 Å². The van der Waals surface area contributed by atoms with E-state index in [1.807, 2.05) is 30.3 Å². The molecule has 2 aromatic carbocycles. The van der Waals surface area contributed by atoms with E-state index in [9.17, 15) is 9.59 Å². The van der Waals surface area contributed by atoms with Gasteiger partial charge >= 0.3 is 5.69 Å². The molecular weight excluding hydrogens is 444 g/mol. The van der Waals surface area contributed by atoms with Crippen molar-refractivity contribution in [1.29, 1.82) is 0 Å². The van der Waals surface area contributed by atoms with Crippen molar-refractivity contribution in [2.24, 2.45) is 0 Å². The molecule has 0 atom stereocenters. The third-order valence-corrected chi connectivity index (χ3v) is 5.25. The quantitative estimate of drug-likeness (QED) is 0.417. The van der Waals surface area contributed by atoms with Gasteiger partial charge in [0, 0.05) is 23.3 Å². The van der Waals surface area contributed by atoms with E-state index in [0.717, 1.165) is 15.8 Å². The minimum absolute atomic E-state index is 0.205. The molecule has 0 aliphatic carbocycles. The van der Waals surface area contributed by atoms with Crippen LogP contribution in [0.3, 0.4) is 0 Å². The van der Waals surface area contributed by atoms with Gasteiger partial charge in [-0.2, -0.15) is 4.98 Å². The molecule has 0 aliphatic heterocycles. The van der Waals surface area contributed by atoms with Gasteiger partial charge in [0.1, 0.15) is 6.54 Å². The average Bonchev–Trinajstić information content (AvgIpc) is 3.44. The van der Waals surface area contributed by atoms with Gasteiger partial charge in [-0.05, 0) is 42.0 Å². The standard InChI is InChI=1S/C23H17ClN6O3/c24-17-10-8-16(9-11-17)20-26-22(33-28-20)18-7-4-12-29-21(18)27-30(23(29)32)14-19(31)25-13-15-5-2-1-3-6-15/h1-12H,13-14H2,(H,25,31). The van der Waals surface area contributed by atoms with E-state index in [-0.39, 0.29) is 18.3 Å². The van der Waals surface area contributed by atoms with Crippen LogP contribution < -0.4 is 11.0 Å². The van der Waals surface area contributed by atoms with Crippen molar-refractivity contribution in [3.8, 4) is 22.8 Å². The Morgan fingerprint density at radius 3 is 2.61 bits per heavy atom. The first-order chi connectivity index (χ1) is 16.1. The molecule has 0 aliphatic rings. The fraction of sp³-hybridized carbons (Fsp3) is 0.0870. The molecular formula is C23H17ClN6O3. The number of carbonyl (C=O) groups is 1. The minimum atomic E-state index is -0.445. The number of nitrogens with zero attached hydrogens (tertiary/aromatic N) is 5. The minimum Gasteiger partial charge on any atom is -0.350 e. The van der Waals surface area contributed by atoms with Crippen molar-refractivity contribution >= 4 is 23.2 Å². The molecule has 10 heteroatoms. The number of carbonyl (C=O) groups excluding carboxylic acids is 1. The smallest absolute Gasteiger partial charge is 0.350 e. The van der Waals surface area contributed by atoms with E-state index in [2.05, 4.69) is 20.6 Å². The molecule has 3 aromatic heterocycles. The molecule has 0 saturated heterocycles. The van der Waals surface area contributed by atoms with Crippen molar-refractivity contribution in [1.82, 2.24) is 29.6 Å². The van der Waals surface area contributed by atoms with Crippen molar-refractivity contribution in [2.75, 3.05) is 0 Å². The van der Waals surface area contributed by atoms with E-state index in [1.54, 1.807) is 42.6 Å². The fourth-order valence-electron chi connectivity index (χ4n) is 3.35. The number of fused-ring (bicyclic) bond motifs is 1. The predicted molar refractivity (Wildman–Crippen MR) is 121 cm³/mol. The lowest BCUT2D eigenvalue weighted by molar-refractivity contribution is -0.122. The maximum atomic E-state index is 12.8. The predicted octanol–water partition coefficient (Wildman–Crippen LogP) is 3.18. The van der Waals surface area contributed by atoms with Gasteiger partial charge in [0.05, 0.1) is 5.56 Å². The van der Waals surface area contributed by atoms with Gasteiger partial charge in [-0.1, -0.05) is 47.1 Å². The first-order valence-corrected chi connectivity index (χ1v) is 10.4. The number of pyridine rings is 1. The molecule has 0 radical (unpaired) electrons. The summed E-state index contributed by atoms with van der Waals surface area (Å²) in [4.78, 5) is 29.6. The number of hydrogen-bond acceptors (Lipinski definition) is 6. The highest BCUT2D eigenvalue weighted by Gasteiger charge is 2.18. The van der Waals surface area contributed by atoms with Crippen molar-refractivity contribution < 1.29 is 9.32 Å². The second-order valence-electron chi connectivity index (χ2n) is 7.25. The Hall–Kier alpha value is -4.24.